The quantitative estimate of drug-likeness (QED) is 0.476. The van der Waals surface area contributed by atoms with Crippen LogP contribution in [0.3, 0.4) is 0 Å². The van der Waals surface area contributed by atoms with Crippen LogP contribution in [0.25, 0.3) is 10.9 Å². The van der Waals surface area contributed by atoms with E-state index in [1.165, 1.54) is 10.7 Å². The molecular formula is C24H30F3N7O2. The summed E-state index contributed by atoms with van der Waals surface area (Å²) >= 11 is 0. The highest BCUT2D eigenvalue weighted by molar-refractivity contribution is 5.92. The number of carbonyl (C=O) groups excluding carboxylic acids is 1. The molecule has 5 rings (SSSR count). The standard InChI is InChI=1S/C24H30F3N7O2/c1-32-12-16(10-29-32)23(36)7-5-18(6-8-23)34-13-17(14-34)30-21(35)11-28-22-19-9-15(24(25,26)27)3-4-20(19)33(2)31-22/h3-4,9-10,12,17-18,36H,5-8,11,13-14H2,1-2H3,(H,28,31)(H,30,35)/t18-,23-. The largest absolute Gasteiger partial charge is 0.416 e. The number of anilines is 1. The fourth-order valence-electron chi connectivity index (χ4n) is 5.31. The van der Waals surface area contributed by atoms with Crippen molar-refractivity contribution in [3.05, 3.63) is 41.7 Å². The van der Waals surface area contributed by atoms with Crippen molar-refractivity contribution < 1.29 is 23.1 Å². The van der Waals surface area contributed by atoms with Crippen LogP contribution in [0.2, 0.25) is 0 Å². The molecule has 1 aromatic carbocycles. The summed E-state index contributed by atoms with van der Waals surface area (Å²) in [5, 5.41) is 25.6. The van der Waals surface area contributed by atoms with Gasteiger partial charge in [0.05, 0.1) is 35.5 Å². The van der Waals surface area contributed by atoms with Crippen molar-refractivity contribution in [3.8, 4) is 0 Å². The molecule has 0 spiro atoms. The SMILES string of the molecule is Cn1cc([C@]2(O)CC[C@H](N3CC(NC(=O)CNc4nn(C)c5ccc(C(F)(F)F)cc45)C3)CC2)cn1. The van der Waals surface area contributed by atoms with Crippen LogP contribution in [0.4, 0.5) is 19.0 Å². The van der Waals surface area contributed by atoms with Crippen LogP contribution in [0.15, 0.2) is 30.6 Å². The first-order chi connectivity index (χ1) is 17.0. The number of nitrogens with zero attached hydrogens (tertiary/aromatic N) is 5. The van der Waals surface area contributed by atoms with Crippen LogP contribution in [-0.2, 0) is 30.7 Å². The first-order valence-corrected chi connectivity index (χ1v) is 12.0. The number of alkyl halides is 3. The Kier molecular flexibility index (Phi) is 6.19. The molecule has 1 saturated carbocycles. The molecule has 2 fully saturated rings. The fraction of sp³-hybridized carbons (Fsp3) is 0.542. The Balaban J connectivity index is 1.09. The lowest BCUT2D eigenvalue weighted by Crippen LogP contribution is -2.63. The van der Waals surface area contributed by atoms with E-state index in [0.29, 0.717) is 29.8 Å². The molecular weight excluding hydrogens is 475 g/mol. The summed E-state index contributed by atoms with van der Waals surface area (Å²) in [6.07, 6.45) is 2.24. The summed E-state index contributed by atoms with van der Waals surface area (Å²) in [5.41, 5.74) is -0.180. The van der Waals surface area contributed by atoms with Gasteiger partial charge in [0, 0.05) is 50.4 Å². The van der Waals surface area contributed by atoms with Crippen LogP contribution in [0.5, 0.6) is 0 Å². The van der Waals surface area contributed by atoms with Gasteiger partial charge in [-0.05, 0) is 43.9 Å². The minimum Gasteiger partial charge on any atom is -0.385 e. The number of rotatable bonds is 6. The Morgan fingerprint density at radius 3 is 2.58 bits per heavy atom. The lowest BCUT2D eigenvalue weighted by molar-refractivity contribution is -0.137. The molecule has 2 aliphatic rings. The number of hydrogen-bond acceptors (Lipinski definition) is 6. The summed E-state index contributed by atoms with van der Waals surface area (Å²) in [6.45, 7) is 1.40. The molecule has 0 radical (unpaired) electrons. The number of aryl methyl sites for hydroxylation is 2. The van der Waals surface area contributed by atoms with Crippen molar-refractivity contribution >= 4 is 22.6 Å². The van der Waals surface area contributed by atoms with Crippen molar-refractivity contribution in [2.45, 2.75) is 49.5 Å². The molecule has 3 heterocycles. The third kappa shape index (κ3) is 4.79. The van der Waals surface area contributed by atoms with Gasteiger partial charge in [0.25, 0.3) is 0 Å². The summed E-state index contributed by atoms with van der Waals surface area (Å²) in [5.74, 6) is 0.00678. The smallest absolute Gasteiger partial charge is 0.385 e. The zero-order chi connectivity index (χ0) is 25.7. The van der Waals surface area contributed by atoms with Crippen molar-refractivity contribution in [3.63, 3.8) is 0 Å². The number of hydrogen-bond donors (Lipinski definition) is 3. The van der Waals surface area contributed by atoms with Gasteiger partial charge in [-0.15, -0.1) is 0 Å². The van der Waals surface area contributed by atoms with Gasteiger partial charge in [0.15, 0.2) is 5.82 Å². The van der Waals surface area contributed by atoms with Crippen molar-refractivity contribution in [2.24, 2.45) is 14.1 Å². The number of aliphatic hydroxyl groups is 1. The van der Waals surface area contributed by atoms with E-state index in [1.54, 1.807) is 17.9 Å². The van der Waals surface area contributed by atoms with Crippen LogP contribution in [0.1, 0.15) is 36.8 Å². The zero-order valence-corrected chi connectivity index (χ0v) is 20.2. The molecule has 1 aliphatic heterocycles. The predicted molar refractivity (Wildman–Crippen MR) is 127 cm³/mol. The average Bonchev–Trinajstić information content (AvgIpc) is 3.38. The normalized spacial score (nSPS) is 23.6. The Morgan fingerprint density at radius 2 is 1.94 bits per heavy atom. The van der Waals surface area contributed by atoms with Gasteiger partial charge in [-0.25, -0.2) is 0 Å². The summed E-state index contributed by atoms with van der Waals surface area (Å²) < 4.78 is 42.5. The van der Waals surface area contributed by atoms with E-state index in [9.17, 15) is 23.1 Å². The summed E-state index contributed by atoms with van der Waals surface area (Å²) in [7, 11) is 3.48. The highest BCUT2D eigenvalue weighted by atomic mass is 19.4. The highest BCUT2D eigenvalue weighted by Gasteiger charge is 2.41. The number of carbonyl (C=O) groups is 1. The molecule has 3 N–H and O–H groups in total. The van der Waals surface area contributed by atoms with Crippen molar-refractivity contribution in [1.29, 1.82) is 0 Å². The van der Waals surface area contributed by atoms with Crippen LogP contribution >= 0.6 is 0 Å². The molecule has 0 atom stereocenters. The maximum Gasteiger partial charge on any atom is 0.416 e. The molecule has 0 unspecified atom stereocenters. The minimum absolute atomic E-state index is 0.0238. The monoisotopic (exact) mass is 505 g/mol. The number of halogens is 3. The van der Waals surface area contributed by atoms with Crippen LogP contribution in [-0.4, -0.2) is 67.2 Å². The molecule has 1 amide bonds. The second-order valence-electron chi connectivity index (χ2n) is 9.94. The Bertz CT molecular complexity index is 1250. The van der Waals surface area contributed by atoms with Crippen LogP contribution in [0, 0.1) is 0 Å². The molecule has 2 aromatic heterocycles. The van der Waals surface area contributed by atoms with Crippen LogP contribution < -0.4 is 10.6 Å². The van der Waals surface area contributed by atoms with E-state index in [-0.39, 0.29) is 24.3 Å². The number of likely N-dealkylation sites (tertiary alicyclic amines) is 1. The second-order valence-corrected chi connectivity index (χ2v) is 9.94. The number of amides is 1. The third-order valence-electron chi connectivity index (χ3n) is 7.41. The van der Waals surface area contributed by atoms with Gasteiger partial charge >= 0.3 is 6.18 Å². The summed E-state index contributed by atoms with van der Waals surface area (Å²) in [6, 6.07) is 3.84. The van der Waals surface area contributed by atoms with Gasteiger partial charge in [-0.1, -0.05) is 0 Å². The van der Waals surface area contributed by atoms with E-state index >= 15 is 0 Å². The van der Waals surface area contributed by atoms with Gasteiger partial charge in [0.2, 0.25) is 5.91 Å². The second kappa shape index (κ2) is 9.07. The molecule has 0 bridgehead atoms. The maximum atomic E-state index is 13.1. The topological polar surface area (TPSA) is 100 Å². The minimum atomic E-state index is -4.45. The van der Waals surface area contributed by atoms with E-state index < -0.39 is 17.3 Å². The lowest BCUT2D eigenvalue weighted by atomic mass is 9.77. The van der Waals surface area contributed by atoms with Gasteiger partial charge in [-0.3, -0.25) is 19.1 Å². The zero-order valence-electron chi connectivity index (χ0n) is 20.2. The van der Waals surface area contributed by atoms with Gasteiger partial charge < -0.3 is 15.7 Å². The first-order valence-electron chi connectivity index (χ1n) is 12.0. The molecule has 1 saturated heterocycles. The number of aromatic nitrogens is 4. The number of nitrogens with one attached hydrogen (secondary N) is 2. The summed E-state index contributed by atoms with van der Waals surface area (Å²) in [4.78, 5) is 14.8. The van der Waals surface area contributed by atoms with E-state index in [4.69, 9.17) is 0 Å². The number of fused-ring (bicyclic) bond motifs is 1. The van der Waals surface area contributed by atoms with Crippen molar-refractivity contribution in [2.75, 3.05) is 25.0 Å². The Labute approximate surface area is 206 Å². The van der Waals surface area contributed by atoms with Gasteiger partial charge in [-0.2, -0.15) is 23.4 Å². The predicted octanol–water partition coefficient (Wildman–Crippen LogP) is 2.37. The van der Waals surface area contributed by atoms with E-state index in [0.717, 1.165) is 43.6 Å². The third-order valence-corrected chi connectivity index (χ3v) is 7.41. The Morgan fingerprint density at radius 1 is 1.22 bits per heavy atom. The van der Waals surface area contributed by atoms with E-state index in [2.05, 4.69) is 25.7 Å². The molecule has 1 aliphatic carbocycles. The first kappa shape index (κ1) is 24.6. The Hall–Kier alpha value is -3.12. The van der Waals surface area contributed by atoms with Gasteiger partial charge in [0.1, 0.15) is 0 Å². The number of benzene rings is 1. The average molecular weight is 506 g/mol. The molecule has 3 aromatic rings. The molecule has 194 valence electrons. The maximum absolute atomic E-state index is 13.1. The molecule has 9 nitrogen and oxygen atoms in total. The molecule has 36 heavy (non-hydrogen) atoms. The fourth-order valence-corrected chi connectivity index (χ4v) is 5.31. The van der Waals surface area contributed by atoms with E-state index in [1.807, 2.05) is 13.2 Å². The molecule has 12 heteroatoms. The van der Waals surface area contributed by atoms with Crippen molar-refractivity contribution in [1.82, 2.24) is 29.8 Å². The lowest BCUT2D eigenvalue weighted by Gasteiger charge is -2.48. The highest BCUT2D eigenvalue weighted by Crippen LogP contribution is 2.39.